The Morgan fingerprint density at radius 2 is 1.96 bits per heavy atom. The summed E-state index contributed by atoms with van der Waals surface area (Å²) < 4.78 is 1.65. The Hall–Kier alpha value is -1.53. The molecule has 0 saturated heterocycles. The van der Waals surface area contributed by atoms with Crippen molar-refractivity contribution in [1.29, 1.82) is 0 Å². The molecule has 0 spiro atoms. The quantitative estimate of drug-likeness (QED) is 0.612. The van der Waals surface area contributed by atoms with Gasteiger partial charge < -0.3 is 5.32 Å². The minimum absolute atomic E-state index is 0.0680. The van der Waals surface area contributed by atoms with Crippen molar-refractivity contribution in [2.75, 3.05) is 0 Å². The second-order valence-electron chi connectivity index (χ2n) is 6.79. The van der Waals surface area contributed by atoms with E-state index in [1.54, 1.807) is 22.8 Å². The van der Waals surface area contributed by atoms with Gasteiger partial charge in [-0.3, -0.25) is 14.2 Å². The predicted molar refractivity (Wildman–Crippen MR) is 104 cm³/mol. The molecule has 0 aliphatic carbocycles. The van der Waals surface area contributed by atoms with Gasteiger partial charge in [0.25, 0.3) is 5.56 Å². The van der Waals surface area contributed by atoms with Gasteiger partial charge in [0.1, 0.15) is 0 Å². The first kappa shape index (κ1) is 19.8. The van der Waals surface area contributed by atoms with E-state index >= 15 is 0 Å². The van der Waals surface area contributed by atoms with Gasteiger partial charge in [-0.15, -0.1) is 0 Å². The number of amides is 1. The van der Waals surface area contributed by atoms with Crippen LogP contribution < -0.4 is 10.9 Å². The number of rotatable bonds is 6. The molecule has 0 aliphatic rings. The summed E-state index contributed by atoms with van der Waals surface area (Å²) >= 11 is 7.33. The SMILES string of the molecule is CC(C)Cn1c(S[C@H](C)C(=O)NC(C)C)nc2ccc(Cl)cc2c1=O. The summed E-state index contributed by atoms with van der Waals surface area (Å²) in [6.07, 6.45) is 0. The predicted octanol–water partition coefficient (Wildman–Crippen LogP) is 3.71. The van der Waals surface area contributed by atoms with Gasteiger partial charge in [0.2, 0.25) is 5.91 Å². The van der Waals surface area contributed by atoms with Gasteiger partial charge in [0.15, 0.2) is 5.16 Å². The highest BCUT2D eigenvalue weighted by atomic mass is 35.5. The minimum atomic E-state index is -0.350. The number of hydrogen-bond acceptors (Lipinski definition) is 4. The topological polar surface area (TPSA) is 64.0 Å². The average Bonchev–Trinajstić information content (AvgIpc) is 2.51. The lowest BCUT2D eigenvalue weighted by atomic mass is 10.2. The number of aromatic nitrogens is 2. The number of nitrogens with one attached hydrogen (secondary N) is 1. The Kier molecular flexibility index (Phi) is 6.52. The van der Waals surface area contributed by atoms with Crippen molar-refractivity contribution in [3.05, 3.63) is 33.6 Å². The van der Waals surface area contributed by atoms with Crippen LogP contribution in [-0.4, -0.2) is 26.8 Å². The van der Waals surface area contributed by atoms with Crippen molar-refractivity contribution >= 4 is 40.2 Å². The van der Waals surface area contributed by atoms with Crippen LogP contribution >= 0.6 is 23.4 Å². The molecular weight excluding hydrogens is 358 g/mol. The number of hydrogen-bond donors (Lipinski definition) is 1. The zero-order valence-electron chi connectivity index (χ0n) is 15.2. The number of fused-ring (bicyclic) bond motifs is 1. The molecule has 1 aromatic heterocycles. The van der Waals surface area contributed by atoms with Crippen LogP contribution in [0.25, 0.3) is 10.9 Å². The van der Waals surface area contributed by atoms with Crippen LogP contribution in [0.4, 0.5) is 0 Å². The lowest BCUT2D eigenvalue weighted by Crippen LogP contribution is -2.36. The van der Waals surface area contributed by atoms with E-state index in [0.29, 0.717) is 27.6 Å². The lowest BCUT2D eigenvalue weighted by Gasteiger charge is -2.18. The van der Waals surface area contributed by atoms with Crippen LogP contribution in [-0.2, 0) is 11.3 Å². The smallest absolute Gasteiger partial charge is 0.262 e. The van der Waals surface area contributed by atoms with Crippen molar-refractivity contribution in [1.82, 2.24) is 14.9 Å². The molecule has 1 amide bonds. The fraction of sp³-hybridized carbons (Fsp3) is 0.500. The first-order chi connectivity index (χ1) is 11.7. The molecule has 2 aromatic rings. The van der Waals surface area contributed by atoms with Crippen molar-refractivity contribution < 1.29 is 4.79 Å². The van der Waals surface area contributed by atoms with Crippen molar-refractivity contribution in [2.24, 2.45) is 5.92 Å². The average molecular weight is 382 g/mol. The van der Waals surface area contributed by atoms with E-state index in [0.717, 1.165) is 0 Å². The standard InChI is InChI=1S/C18H24ClN3O2S/c1-10(2)9-22-17(24)14-8-13(19)6-7-15(14)21-18(22)25-12(5)16(23)20-11(3)4/h6-8,10-12H,9H2,1-5H3,(H,20,23)/t12-/m1/s1. The third-order valence-corrected chi connectivity index (χ3v) is 4.84. The third-order valence-electron chi connectivity index (χ3n) is 3.51. The highest BCUT2D eigenvalue weighted by Crippen LogP contribution is 2.24. The molecule has 0 saturated carbocycles. The molecule has 1 heterocycles. The van der Waals surface area contributed by atoms with Gasteiger partial charge >= 0.3 is 0 Å². The van der Waals surface area contributed by atoms with E-state index < -0.39 is 0 Å². The van der Waals surface area contributed by atoms with E-state index in [1.807, 2.05) is 34.6 Å². The van der Waals surface area contributed by atoms with E-state index in [2.05, 4.69) is 10.3 Å². The molecule has 0 radical (unpaired) electrons. The summed E-state index contributed by atoms with van der Waals surface area (Å²) in [5, 5.41) is 4.10. The van der Waals surface area contributed by atoms with E-state index in [9.17, 15) is 9.59 Å². The Labute approximate surface area is 157 Å². The van der Waals surface area contributed by atoms with E-state index in [4.69, 9.17) is 11.6 Å². The van der Waals surface area contributed by atoms with Crippen molar-refractivity contribution in [2.45, 2.75) is 57.6 Å². The Morgan fingerprint density at radius 1 is 1.28 bits per heavy atom. The Balaban J connectivity index is 2.48. The Morgan fingerprint density at radius 3 is 2.56 bits per heavy atom. The normalized spacial score (nSPS) is 12.8. The maximum Gasteiger partial charge on any atom is 0.262 e. The number of thioether (sulfide) groups is 1. The molecule has 7 heteroatoms. The molecule has 2 rings (SSSR count). The number of nitrogens with zero attached hydrogens (tertiary/aromatic N) is 2. The molecule has 25 heavy (non-hydrogen) atoms. The Bertz CT molecular complexity index is 833. The fourth-order valence-corrected chi connectivity index (χ4v) is 3.50. The first-order valence-corrected chi connectivity index (χ1v) is 9.62. The summed E-state index contributed by atoms with van der Waals surface area (Å²) in [5.74, 6) is 0.205. The van der Waals surface area contributed by atoms with Gasteiger partial charge in [-0.2, -0.15) is 0 Å². The van der Waals surface area contributed by atoms with Crippen LogP contribution in [0.5, 0.6) is 0 Å². The summed E-state index contributed by atoms with van der Waals surface area (Å²) in [6.45, 7) is 10.3. The molecule has 136 valence electrons. The zero-order valence-corrected chi connectivity index (χ0v) is 16.7. The lowest BCUT2D eigenvalue weighted by molar-refractivity contribution is -0.120. The molecule has 1 atom stereocenters. The summed E-state index contributed by atoms with van der Waals surface area (Å²) in [4.78, 5) is 29.8. The van der Waals surface area contributed by atoms with Gasteiger partial charge in [-0.25, -0.2) is 4.98 Å². The third kappa shape index (κ3) is 4.98. The molecular formula is C18H24ClN3O2S. The largest absolute Gasteiger partial charge is 0.353 e. The maximum absolute atomic E-state index is 12.9. The second kappa shape index (κ2) is 8.23. The van der Waals surface area contributed by atoms with E-state index in [1.165, 1.54) is 11.8 Å². The number of benzene rings is 1. The maximum atomic E-state index is 12.9. The molecule has 1 N–H and O–H groups in total. The number of carbonyl (C=O) groups is 1. The van der Waals surface area contributed by atoms with Crippen LogP contribution in [0.15, 0.2) is 28.2 Å². The molecule has 0 fully saturated rings. The first-order valence-electron chi connectivity index (χ1n) is 8.36. The van der Waals surface area contributed by atoms with Crippen LogP contribution in [0.1, 0.15) is 34.6 Å². The van der Waals surface area contributed by atoms with E-state index in [-0.39, 0.29) is 28.7 Å². The van der Waals surface area contributed by atoms with Crippen molar-refractivity contribution in [3.8, 4) is 0 Å². The number of halogens is 1. The minimum Gasteiger partial charge on any atom is -0.353 e. The van der Waals surface area contributed by atoms with Crippen LogP contribution in [0, 0.1) is 5.92 Å². The highest BCUT2D eigenvalue weighted by molar-refractivity contribution is 8.00. The zero-order chi connectivity index (χ0) is 18.7. The summed E-state index contributed by atoms with van der Waals surface area (Å²) in [5.41, 5.74) is 0.466. The molecule has 0 bridgehead atoms. The highest BCUT2D eigenvalue weighted by Gasteiger charge is 2.20. The van der Waals surface area contributed by atoms with Gasteiger partial charge in [-0.1, -0.05) is 37.2 Å². The second-order valence-corrected chi connectivity index (χ2v) is 8.53. The summed E-state index contributed by atoms with van der Waals surface area (Å²) in [7, 11) is 0. The fourth-order valence-electron chi connectivity index (χ4n) is 2.40. The van der Waals surface area contributed by atoms with Gasteiger partial charge in [-0.05, 0) is 44.9 Å². The molecule has 5 nitrogen and oxygen atoms in total. The number of carbonyl (C=O) groups excluding carboxylic acids is 1. The van der Waals surface area contributed by atoms with Crippen LogP contribution in [0.2, 0.25) is 5.02 Å². The monoisotopic (exact) mass is 381 g/mol. The molecule has 1 aromatic carbocycles. The molecule has 0 unspecified atom stereocenters. The van der Waals surface area contributed by atoms with Crippen molar-refractivity contribution in [3.63, 3.8) is 0 Å². The van der Waals surface area contributed by atoms with Gasteiger partial charge in [0.05, 0.1) is 16.2 Å². The van der Waals surface area contributed by atoms with Gasteiger partial charge in [0, 0.05) is 17.6 Å². The molecule has 0 aliphatic heterocycles. The summed E-state index contributed by atoms with van der Waals surface area (Å²) in [6, 6.07) is 5.17. The van der Waals surface area contributed by atoms with Crippen LogP contribution in [0.3, 0.4) is 0 Å².